The van der Waals surface area contributed by atoms with Gasteiger partial charge in [0.25, 0.3) is 0 Å². The second-order valence-electron chi connectivity index (χ2n) is 9.41. The fraction of sp³-hybridized carbons (Fsp3) is 0.909. The molecule has 2 N–H and O–H groups in total. The van der Waals surface area contributed by atoms with E-state index >= 15 is 0 Å². The Balaban J connectivity index is 1.20. The van der Waals surface area contributed by atoms with Gasteiger partial charge in [-0.2, -0.15) is 0 Å². The zero-order valence-electron chi connectivity index (χ0n) is 18.6. The van der Waals surface area contributed by atoms with Crippen LogP contribution < -0.4 is 10.7 Å². The number of ether oxygens (including phenoxy) is 1. The van der Waals surface area contributed by atoms with E-state index in [1.54, 1.807) is 0 Å². The van der Waals surface area contributed by atoms with E-state index in [2.05, 4.69) is 34.6 Å². The molecule has 0 aromatic rings. The van der Waals surface area contributed by atoms with E-state index in [0.717, 1.165) is 71.1 Å². The third-order valence-corrected chi connectivity index (χ3v) is 7.51. The van der Waals surface area contributed by atoms with E-state index in [1.807, 2.05) is 4.90 Å². The van der Waals surface area contributed by atoms with Crippen molar-refractivity contribution in [2.45, 2.75) is 76.1 Å². The number of hydrogen-bond donors (Lipinski definition) is 2. The van der Waals surface area contributed by atoms with Crippen molar-refractivity contribution in [3.63, 3.8) is 0 Å². The third-order valence-electron chi connectivity index (χ3n) is 7.51. The Hall–Kier alpha value is -1.22. The van der Waals surface area contributed by atoms with Crippen molar-refractivity contribution < 1.29 is 14.3 Å². The molecule has 8 heteroatoms. The standard InChI is InChI=1S/C22H39N5O3/c1-3-26-20-15-16(5-6-18(20)27-19(22(26)29)7-11-24-27)21(28)23-10-4-14-30-17-8-12-25(2)13-9-17/h16-20,24H,3-15H2,1-2H3,(H,23,28). The van der Waals surface area contributed by atoms with Crippen LogP contribution in [-0.2, 0) is 14.3 Å². The predicted octanol–water partition coefficient (Wildman–Crippen LogP) is 0.582. The summed E-state index contributed by atoms with van der Waals surface area (Å²) in [4.78, 5) is 30.1. The number of hydrogen-bond acceptors (Lipinski definition) is 6. The quantitative estimate of drug-likeness (QED) is 0.586. The van der Waals surface area contributed by atoms with Crippen LogP contribution in [0.3, 0.4) is 0 Å². The van der Waals surface area contributed by atoms with E-state index in [0.29, 0.717) is 25.3 Å². The van der Waals surface area contributed by atoms with Crippen molar-refractivity contribution in [1.29, 1.82) is 0 Å². The molecule has 0 bridgehead atoms. The number of likely N-dealkylation sites (N-methyl/N-ethyl adjacent to an activating group) is 1. The Bertz CT molecular complexity index is 610. The van der Waals surface area contributed by atoms with Crippen molar-refractivity contribution in [2.75, 3.05) is 46.4 Å². The monoisotopic (exact) mass is 421 g/mol. The number of nitrogens with one attached hydrogen (secondary N) is 2. The summed E-state index contributed by atoms with van der Waals surface area (Å²) in [5.41, 5.74) is 3.42. The van der Waals surface area contributed by atoms with Gasteiger partial charge in [0.2, 0.25) is 11.8 Å². The first kappa shape index (κ1) is 22.0. The Morgan fingerprint density at radius 2 is 1.97 bits per heavy atom. The first-order valence-electron chi connectivity index (χ1n) is 12.0. The highest BCUT2D eigenvalue weighted by atomic mass is 16.5. The van der Waals surface area contributed by atoms with Gasteiger partial charge in [-0.15, -0.1) is 0 Å². The van der Waals surface area contributed by atoms with E-state index in [-0.39, 0.29) is 29.8 Å². The number of piperazine rings is 1. The van der Waals surface area contributed by atoms with Crippen molar-refractivity contribution >= 4 is 11.8 Å². The minimum atomic E-state index is -0.0128. The maximum Gasteiger partial charge on any atom is 0.241 e. The van der Waals surface area contributed by atoms with Crippen LogP contribution in [0.2, 0.25) is 0 Å². The number of amides is 2. The summed E-state index contributed by atoms with van der Waals surface area (Å²) in [6, 6.07) is 0.463. The normalized spacial score (nSPS) is 33.4. The van der Waals surface area contributed by atoms with Crippen LogP contribution in [0.4, 0.5) is 0 Å². The van der Waals surface area contributed by atoms with Crippen LogP contribution in [0.5, 0.6) is 0 Å². The van der Waals surface area contributed by atoms with Crippen LogP contribution in [0, 0.1) is 5.92 Å². The molecule has 4 unspecified atom stereocenters. The van der Waals surface area contributed by atoms with Gasteiger partial charge in [-0.25, -0.2) is 5.01 Å². The van der Waals surface area contributed by atoms with Crippen LogP contribution in [0.1, 0.15) is 51.9 Å². The summed E-state index contributed by atoms with van der Waals surface area (Å²) in [5, 5.41) is 5.33. The first-order chi connectivity index (χ1) is 14.6. The SMILES string of the molecule is CCN1C(=O)C2CCNN2C2CCC(C(=O)NCCCOC3CCN(C)CC3)CC21. The average molecular weight is 422 g/mol. The number of nitrogens with zero attached hydrogens (tertiary/aromatic N) is 3. The molecule has 4 rings (SSSR count). The number of rotatable bonds is 7. The highest BCUT2D eigenvalue weighted by molar-refractivity contribution is 5.84. The molecular weight excluding hydrogens is 382 g/mol. The predicted molar refractivity (Wildman–Crippen MR) is 115 cm³/mol. The molecule has 0 aromatic carbocycles. The Labute approximate surface area is 180 Å². The number of carbonyl (C=O) groups excluding carboxylic acids is 2. The highest BCUT2D eigenvalue weighted by Gasteiger charge is 2.50. The first-order valence-corrected chi connectivity index (χ1v) is 12.0. The zero-order chi connectivity index (χ0) is 21.1. The summed E-state index contributed by atoms with van der Waals surface area (Å²) < 4.78 is 5.98. The summed E-state index contributed by atoms with van der Waals surface area (Å²) in [5.74, 6) is 0.380. The maximum absolute atomic E-state index is 12.9. The lowest BCUT2D eigenvalue weighted by atomic mass is 9.78. The molecule has 1 saturated carbocycles. The van der Waals surface area contributed by atoms with Gasteiger partial charge < -0.3 is 19.9 Å². The minimum Gasteiger partial charge on any atom is -0.378 e. The molecule has 3 heterocycles. The van der Waals surface area contributed by atoms with Gasteiger partial charge in [0.05, 0.1) is 6.10 Å². The molecule has 4 aliphatic rings. The van der Waals surface area contributed by atoms with Crippen molar-refractivity contribution in [3.8, 4) is 0 Å². The van der Waals surface area contributed by atoms with Crippen molar-refractivity contribution in [2.24, 2.45) is 5.92 Å². The van der Waals surface area contributed by atoms with Gasteiger partial charge in [-0.05, 0) is 58.9 Å². The van der Waals surface area contributed by atoms with Crippen LogP contribution in [0.15, 0.2) is 0 Å². The Morgan fingerprint density at radius 3 is 2.73 bits per heavy atom. The lowest BCUT2D eigenvalue weighted by Gasteiger charge is -2.51. The molecule has 3 aliphatic heterocycles. The average Bonchev–Trinajstić information content (AvgIpc) is 3.25. The molecule has 4 fully saturated rings. The van der Waals surface area contributed by atoms with Gasteiger partial charge in [0.1, 0.15) is 6.04 Å². The summed E-state index contributed by atoms with van der Waals surface area (Å²) in [6.45, 7) is 7.26. The summed E-state index contributed by atoms with van der Waals surface area (Å²) in [7, 11) is 2.15. The van der Waals surface area contributed by atoms with E-state index in [1.165, 1.54) is 0 Å². The molecule has 2 amide bonds. The van der Waals surface area contributed by atoms with Crippen molar-refractivity contribution in [1.82, 2.24) is 25.6 Å². The van der Waals surface area contributed by atoms with Gasteiger partial charge in [-0.1, -0.05) is 0 Å². The van der Waals surface area contributed by atoms with E-state index in [9.17, 15) is 9.59 Å². The number of hydrazine groups is 1. The summed E-state index contributed by atoms with van der Waals surface area (Å²) >= 11 is 0. The summed E-state index contributed by atoms with van der Waals surface area (Å²) in [6.07, 6.45) is 6.97. The fourth-order valence-electron chi connectivity index (χ4n) is 5.77. The molecule has 4 atom stereocenters. The number of piperidine rings is 1. The lowest BCUT2D eigenvalue weighted by molar-refractivity contribution is -0.155. The number of likely N-dealkylation sites (tertiary alicyclic amines) is 1. The van der Waals surface area contributed by atoms with Gasteiger partial charge in [0, 0.05) is 57.3 Å². The van der Waals surface area contributed by atoms with Gasteiger partial charge >= 0.3 is 0 Å². The topological polar surface area (TPSA) is 77.2 Å². The van der Waals surface area contributed by atoms with E-state index < -0.39 is 0 Å². The molecule has 170 valence electrons. The molecule has 0 aromatic heterocycles. The Kier molecular flexibility index (Phi) is 7.28. The fourth-order valence-corrected chi connectivity index (χ4v) is 5.77. The van der Waals surface area contributed by atoms with Crippen LogP contribution >= 0.6 is 0 Å². The molecule has 1 aliphatic carbocycles. The second-order valence-corrected chi connectivity index (χ2v) is 9.41. The molecule has 0 radical (unpaired) electrons. The number of carbonyl (C=O) groups is 2. The molecule has 30 heavy (non-hydrogen) atoms. The molecular formula is C22H39N5O3. The largest absolute Gasteiger partial charge is 0.378 e. The van der Waals surface area contributed by atoms with Gasteiger partial charge in [0.15, 0.2) is 0 Å². The maximum atomic E-state index is 12.9. The van der Waals surface area contributed by atoms with Gasteiger partial charge in [-0.3, -0.25) is 15.0 Å². The van der Waals surface area contributed by atoms with Crippen LogP contribution in [0.25, 0.3) is 0 Å². The third kappa shape index (κ3) is 4.66. The lowest BCUT2D eigenvalue weighted by Crippen LogP contribution is -2.68. The van der Waals surface area contributed by atoms with Crippen molar-refractivity contribution in [3.05, 3.63) is 0 Å². The second kappa shape index (κ2) is 9.94. The number of fused-ring (bicyclic) bond motifs is 3. The Morgan fingerprint density at radius 1 is 1.17 bits per heavy atom. The smallest absolute Gasteiger partial charge is 0.241 e. The highest BCUT2D eigenvalue weighted by Crippen LogP contribution is 2.37. The minimum absolute atomic E-state index is 0.00190. The molecule has 0 spiro atoms. The molecule has 8 nitrogen and oxygen atoms in total. The molecule has 3 saturated heterocycles. The zero-order valence-corrected chi connectivity index (χ0v) is 18.6. The van der Waals surface area contributed by atoms with Crippen LogP contribution in [-0.4, -0.2) is 97.2 Å². The van der Waals surface area contributed by atoms with E-state index in [4.69, 9.17) is 4.74 Å².